The van der Waals surface area contributed by atoms with E-state index in [9.17, 15) is 9.00 Å². The molecule has 1 atom stereocenters. The molecular weight excluding hydrogens is 334 g/mol. The van der Waals surface area contributed by atoms with Crippen molar-refractivity contribution in [2.24, 2.45) is 4.36 Å². The van der Waals surface area contributed by atoms with E-state index in [1.54, 1.807) is 45.0 Å². The maximum absolute atomic E-state index is 12.7. The molecule has 0 fully saturated rings. The molecular formula is C20H21NO3S. The van der Waals surface area contributed by atoms with E-state index >= 15 is 0 Å². The summed E-state index contributed by atoms with van der Waals surface area (Å²) in [6.45, 7) is 5.20. The van der Waals surface area contributed by atoms with Gasteiger partial charge in [0.1, 0.15) is 5.60 Å². The van der Waals surface area contributed by atoms with Crippen molar-refractivity contribution in [3.05, 3.63) is 65.7 Å². The Morgan fingerprint density at radius 1 is 0.960 bits per heavy atom. The summed E-state index contributed by atoms with van der Waals surface area (Å²) in [6.07, 6.45) is 0.592. The lowest BCUT2D eigenvalue weighted by atomic mass is 10.2. The number of nitrogens with zero attached hydrogens (tertiary/aromatic N) is 1. The molecule has 25 heavy (non-hydrogen) atoms. The highest BCUT2D eigenvalue weighted by Gasteiger charge is 2.18. The standard InChI is InChI=1S/C20H21NO3S/c1-20(2,3)24-19(22)21-25(4,23)18-14-12-17(13-15-18)11-10-16-8-6-5-7-9-16/h5-9,12-15H,1-4H3. The van der Waals surface area contributed by atoms with Crippen LogP contribution in [0.5, 0.6) is 0 Å². The molecule has 130 valence electrons. The van der Waals surface area contributed by atoms with Gasteiger partial charge in [-0.1, -0.05) is 30.0 Å². The predicted molar refractivity (Wildman–Crippen MR) is 99.9 cm³/mol. The Morgan fingerprint density at radius 3 is 2.00 bits per heavy atom. The van der Waals surface area contributed by atoms with Crippen LogP contribution in [0.2, 0.25) is 0 Å². The Labute approximate surface area is 149 Å². The predicted octanol–water partition coefficient (Wildman–Crippen LogP) is 4.48. The minimum atomic E-state index is -2.86. The molecule has 4 nitrogen and oxygen atoms in total. The molecule has 0 spiro atoms. The van der Waals surface area contributed by atoms with E-state index in [2.05, 4.69) is 16.2 Å². The minimum absolute atomic E-state index is 0.462. The van der Waals surface area contributed by atoms with Gasteiger partial charge in [0.25, 0.3) is 0 Å². The molecule has 0 saturated heterocycles. The number of benzene rings is 2. The molecule has 1 unspecified atom stereocenters. The SMILES string of the molecule is CC(C)(C)OC(=O)N=S(C)(=O)c1ccc(C#Cc2ccccc2)cc1. The summed E-state index contributed by atoms with van der Waals surface area (Å²) < 4.78 is 21.5. The monoisotopic (exact) mass is 355 g/mol. The molecule has 0 aliphatic carbocycles. The van der Waals surface area contributed by atoms with Gasteiger partial charge in [-0.25, -0.2) is 9.00 Å². The van der Waals surface area contributed by atoms with Crippen molar-refractivity contribution in [2.45, 2.75) is 31.3 Å². The molecule has 2 rings (SSSR count). The molecule has 0 aliphatic heterocycles. The molecule has 0 aromatic heterocycles. The van der Waals surface area contributed by atoms with Crippen molar-refractivity contribution in [2.75, 3.05) is 6.26 Å². The van der Waals surface area contributed by atoms with Crippen molar-refractivity contribution in [1.29, 1.82) is 0 Å². The first kappa shape index (κ1) is 18.8. The molecule has 2 aromatic carbocycles. The molecule has 0 bridgehead atoms. The van der Waals surface area contributed by atoms with E-state index in [4.69, 9.17) is 4.74 Å². The molecule has 0 N–H and O–H groups in total. The first-order valence-electron chi connectivity index (χ1n) is 7.78. The zero-order chi connectivity index (χ0) is 18.5. The quantitative estimate of drug-likeness (QED) is 0.709. The van der Waals surface area contributed by atoms with Crippen LogP contribution in [0, 0.1) is 11.8 Å². The third-order valence-electron chi connectivity index (χ3n) is 3.06. The first-order valence-corrected chi connectivity index (χ1v) is 9.70. The van der Waals surface area contributed by atoms with Crippen LogP contribution >= 0.6 is 0 Å². The van der Waals surface area contributed by atoms with Gasteiger partial charge in [-0.05, 0) is 57.2 Å². The van der Waals surface area contributed by atoms with E-state index in [1.165, 1.54) is 6.26 Å². The molecule has 0 aliphatic rings. The maximum Gasteiger partial charge on any atom is 0.442 e. The molecule has 1 amide bonds. The second kappa shape index (κ2) is 7.54. The highest BCUT2D eigenvalue weighted by atomic mass is 32.2. The summed E-state index contributed by atoms with van der Waals surface area (Å²) in [4.78, 5) is 12.2. The number of ether oxygens (including phenoxy) is 1. The summed E-state index contributed by atoms with van der Waals surface area (Å²) in [5.74, 6) is 6.10. The smallest absolute Gasteiger partial charge is 0.442 e. The van der Waals surface area contributed by atoms with Crippen molar-refractivity contribution < 1.29 is 13.7 Å². The van der Waals surface area contributed by atoms with Gasteiger partial charge in [0, 0.05) is 22.3 Å². The largest absolute Gasteiger partial charge is 0.442 e. The highest BCUT2D eigenvalue weighted by molar-refractivity contribution is 7.93. The van der Waals surface area contributed by atoms with E-state index < -0.39 is 21.4 Å². The van der Waals surface area contributed by atoms with Crippen molar-refractivity contribution >= 4 is 15.8 Å². The van der Waals surface area contributed by atoms with Crippen LogP contribution in [0.1, 0.15) is 31.9 Å². The van der Waals surface area contributed by atoms with Crippen LogP contribution in [-0.2, 0) is 14.5 Å². The summed E-state index contributed by atoms with van der Waals surface area (Å²) in [5.41, 5.74) is 1.04. The summed E-state index contributed by atoms with van der Waals surface area (Å²) in [7, 11) is -2.86. The maximum atomic E-state index is 12.7. The normalized spacial score (nSPS) is 13.1. The second-order valence-electron chi connectivity index (χ2n) is 6.51. The van der Waals surface area contributed by atoms with E-state index in [0.29, 0.717) is 4.90 Å². The van der Waals surface area contributed by atoms with Crippen LogP contribution in [0.25, 0.3) is 0 Å². The zero-order valence-electron chi connectivity index (χ0n) is 14.8. The van der Waals surface area contributed by atoms with Crippen LogP contribution in [0.4, 0.5) is 4.79 Å². The van der Waals surface area contributed by atoms with Gasteiger partial charge in [-0.15, -0.1) is 4.36 Å². The van der Waals surface area contributed by atoms with E-state index in [0.717, 1.165) is 11.1 Å². The van der Waals surface area contributed by atoms with Gasteiger partial charge < -0.3 is 4.74 Å². The number of rotatable bonds is 1. The number of carbonyl (C=O) groups excluding carboxylic acids is 1. The summed E-state index contributed by atoms with van der Waals surface area (Å²) in [5, 5.41) is 0. The Morgan fingerprint density at radius 2 is 1.48 bits per heavy atom. The van der Waals surface area contributed by atoms with Crippen LogP contribution in [0.15, 0.2) is 63.9 Å². The third-order valence-corrected chi connectivity index (χ3v) is 4.70. The number of amides is 1. The average Bonchev–Trinajstić information content (AvgIpc) is 2.52. The Hall–Kier alpha value is -2.58. The third kappa shape index (κ3) is 6.09. The average molecular weight is 355 g/mol. The molecule has 0 radical (unpaired) electrons. The molecule has 0 saturated carbocycles. The fourth-order valence-corrected chi connectivity index (χ4v) is 3.00. The van der Waals surface area contributed by atoms with Crippen LogP contribution in [0.3, 0.4) is 0 Å². The van der Waals surface area contributed by atoms with Crippen molar-refractivity contribution in [3.8, 4) is 11.8 Å². The topological polar surface area (TPSA) is 55.7 Å². The lowest BCUT2D eigenvalue weighted by Gasteiger charge is -2.17. The first-order chi connectivity index (χ1) is 11.7. The van der Waals surface area contributed by atoms with Gasteiger partial charge in [-0.3, -0.25) is 0 Å². The highest BCUT2D eigenvalue weighted by Crippen LogP contribution is 2.15. The zero-order valence-corrected chi connectivity index (χ0v) is 15.6. The summed E-state index contributed by atoms with van der Waals surface area (Å²) >= 11 is 0. The Kier molecular flexibility index (Phi) is 5.66. The molecule has 0 heterocycles. The van der Waals surface area contributed by atoms with Gasteiger partial charge in [-0.2, -0.15) is 0 Å². The fourth-order valence-electron chi connectivity index (χ4n) is 1.93. The van der Waals surface area contributed by atoms with E-state index in [-0.39, 0.29) is 0 Å². The van der Waals surface area contributed by atoms with Gasteiger partial charge in [0.05, 0.1) is 9.73 Å². The number of hydrogen-bond donors (Lipinski definition) is 0. The Balaban J connectivity index is 2.20. The number of carbonyl (C=O) groups is 1. The van der Waals surface area contributed by atoms with Crippen LogP contribution in [-0.4, -0.2) is 22.2 Å². The Bertz CT molecular complexity index is 921. The number of hydrogen-bond acceptors (Lipinski definition) is 3. The lowest BCUT2D eigenvalue weighted by molar-refractivity contribution is 0.0607. The van der Waals surface area contributed by atoms with Crippen LogP contribution < -0.4 is 0 Å². The lowest BCUT2D eigenvalue weighted by Crippen LogP contribution is -2.22. The van der Waals surface area contributed by atoms with Crippen molar-refractivity contribution in [3.63, 3.8) is 0 Å². The van der Waals surface area contributed by atoms with Crippen molar-refractivity contribution in [1.82, 2.24) is 0 Å². The van der Waals surface area contributed by atoms with Gasteiger partial charge >= 0.3 is 6.09 Å². The fraction of sp³-hybridized carbons (Fsp3) is 0.250. The molecule has 2 aromatic rings. The minimum Gasteiger partial charge on any atom is -0.442 e. The summed E-state index contributed by atoms with van der Waals surface area (Å²) in [6, 6.07) is 16.5. The second-order valence-corrected chi connectivity index (χ2v) is 8.77. The van der Waals surface area contributed by atoms with Gasteiger partial charge in [0.2, 0.25) is 0 Å². The molecule has 5 heteroatoms. The van der Waals surface area contributed by atoms with Gasteiger partial charge in [0.15, 0.2) is 0 Å². The van der Waals surface area contributed by atoms with E-state index in [1.807, 2.05) is 30.3 Å².